The molecule has 0 radical (unpaired) electrons. The average Bonchev–Trinajstić information content (AvgIpc) is 2.02. The Bertz CT molecular complexity index is 147. The molecule has 0 aliphatic carbocycles. The number of carbonyl (C=O) groups is 1. The summed E-state index contributed by atoms with van der Waals surface area (Å²) in [6, 6.07) is -0.926. The summed E-state index contributed by atoms with van der Waals surface area (Å²) < 4.78 is 4.65. The van der Waals surface area contributed by atoms with Gasteiger partial charge in [-0.05, 0) is 12.8 Å². The summed E-state index contributed by atoms with van der Waals surface area (Å²) >= 11 is 0. The second-order valence-corrected chi connectivity index (χ2v) is 3.01. The van der Waals surface area contributed by atoms with Crippen LogP contribution in [-0.4, -0.2) is 29.8 Å². The van der Waals surface area contributed by atoms with Crippen LogP contribution in [0.5, 0.6) is 0 Å². The minimum atomic E-state index is -0.926. The molecule has 0 fully saturated rings. The van der Waals surface area contributed by atoms with E-state index in [2.05, 4.69) is 4.74 Å². The lowest BCUT2D eigenvalue weighted by molar-refractivity contribution is -0.148. The number of ether oxygens (including phenoxy) is 1. The molecule has 4 nitrogen and oxygen atoms in total. The molecule has 0 bridgehead atoms. The predicted molar refractivity (Wildman–Crippen MR) is 45.5 cm³/mol. The topological polar surface area (TPSA) is 72.5 Å². The lowest BCUT2D eigenvalue weighted by atomic mass is 10.0. The monoisotopic (exact) mass is 175 g/mol. The highest BCUT2D eigenvalue weighted by atomic mass is 16.5. The highest BCUT2D eigenvalue weighted by Crippen LogP contribution is 2.05. The Kier molecular flexibility index (Phi) is 4.85. The maximum Gasteiger partial charge on any atom is 0.325 e. The van der Waals surface area contributed by atoms with Gasteiger partial charge in [-0.25, -0.2) is 0 Å². The Balaban J connectivity index is 4.00. The van der Waals surface area contributed by atoms with E-state index < -0.39 is 18.1 Å². The van der Waals surface area contributed by atoms with Crippen LogP contribution in [0.4, 0.5) is 0 Å². The van der Waals surface area contributed by atoms with Crippen molar-refractivity contribution in [2.45, 2.75) is 32.9 Å². The number of nitrogens with two attached hydrogens (primary N) is 1. The normalized spacial score (nSPS) is 15.8. The number of hydrogen-bond acceptors (Lipinski definition) is 4. The van der Waals surface area contributed by atoms with Crippen LogP contribution in [-0.2, 0) is 9.53 Å². The van der Waals surface area contributed by atoms with Crippen LogP contribution < -0.4 is 5.73 Å². The summed E-state index contributed by atoms with van der Waals surface area (Å²) in [6.07, 6.45) is -0.830. The first-order valence-electron chi connectivity index (χ1n) is 4.11. The third-order valence-corrected chi connectivity index (χ3v) is 1.61. The average molecular weight is 175 g/mol. The molecule has 0 aromatic rings. The highest BCUT2D eigenvalue weighted by molar-refractivity contribution is 5.76. The van der Waals surface area contributed by atoms with E-state index in [4.69, 9.17) is 5.73 Å². The number of aliphatic hydroxyl groups excluding tert-OH is 1. The molecular formula is C8H17NO3. The molecule has 0 heterocycles. The molecule has 0 aromatic carbocycles. The molecule has 4 heteroatoms. The fourth-order valence-electron chi connectivity index (χ4n) is 0.793. The van der Waals surface area contributed by atoms with Crippen LogP contribution >= 0.6 is 0 Å². The predicted octanol–water partition coefficient (Wildman–Crippen LogP) is -0.106. The van der Waals surface area contributed by atoms with E-state index in [0.717, 1.165) is 0 Å². The van der Waals surface area contributed by atoms with Crippen LogP contribution in [0, 0.1) is 5.92 Å². The van der Waals surface area contributed by atoms with Crippen molar-refractivity contribution in [2.75, 3.05) is 6.61 Å². The van der Waals surface area contributed by atoms with Crippen molar-refractivity contribution in [2.24, 2.45) is 11.7 Å². The van der Waals surface area contributed by atoms with E-state index in [1.807, 2.05) is 0 Å². The minimum Gasteiger partial charge on any atom is -0.465 e. The quantitative estimate of drug-likeness (QED) is 0.585. The fraction of sp³-hybridized carbons (Fsp3) is 0.875. The van der Waals surface area contributed by atoms with Gasteiger partial charge in [0.15, 0.2) is 0 Å². The number of aliphatic hydroxyl groups is 1. The number of rotatable bonds is 4. The first-order valence-corrected chi connectivity index (χ1v) is 4.11. The largest absolute Gasteiger partial charge is 0.465 e. The van der Waals surface area contributed by atoms with Crippen LogP contribution in [0.3, 0.4) is 0 Å². The molecule has 12 heavy (non-hydrogen) atoms. The summed E-state index contributed by atoms with van der Waals surface area (Å²) in [7, 11) is 0. The Morgan fingerprint density at radius 3 is 2.42 bits per heavy atom. The summed E-state index contributed by atoms with van der Waals surface area (Å²) in [5.74, 6) is -0.580. The van der Waals surface area contributed by atoms with E-state index in [0.29, 0.717) is 0 Å². The van der Waals surface area contributed by atoms with E-state index in [1.165, 1.54) is 0 Å². The zero-order chi connectivity index (χ0) is 9.72. The van der Waals surface area contributed by atoms with Crippen molar-refractivity contribution in [1.29, 1.82) is 0 Å². The second-order valence-electron chi connectivity index (χ2n) is 3.01. The molecule has 2 unspecified atom stereocenters. The first kappa shape index (κ1) is 11.4. The minimum absolute atomic E-state index is 0.0376. The summed E-state index contributed by atoms with van der Waals surface area (Å²) in [6.45, 7) is 5.58. The number of esters is 1. The Labute approximate surface area is 72.7 Å². The Morgan fingerprint density at radius 1 is 1.58 bits per heavy atom. The smallest absolute Gasteiger partial charge is 0.325 e. The molecule has 72 valence electrons. The molecule has 0 aliphatic rings. The zero-order valence-electron chi connectivity index (χ0n) is 7.78. The van der Waals surface area contributed by atoms with Gasteiger partial charge in [-0.2, -0.15) is 0 Å². The number of carbonyl (C=O) groups excluding carboxylic acids is 1. The van der Waals surface area contributed by atoms with E-state index in [9.17, 15) is 9.90 Å². The van der Waals surface area contributed by atoms with Crippen LogP contribution in [0.25, 0.3) is 0 Å². The summed E-state index contributed by atoms with van der Waals surface area (Å²) in [5, 5.41) is 9.37. The van der Waals surface area contributed by atoms with Crippen molar-refractivity contribution in [3.05, 3.63) is 0 Å². The molecule has 3 N–H and O–H groups in total. The molecule has 0 amide bonds. The molecule has 2 atom stereocenters. The zero-order valence-corrected chi connectivity index (χ0v) is 7.78. The van der Waals surface area contributed by atoms with Gasteiger partial charge in [0, 0.05) is 0 Å². The third-order valence-electron chi connectivity index (χ3n) is 1.61. The van der Waals surface area contributed by atoms with Gasteiger partial charge in [0.25, 0.3) is 0 Å². The van der Waals surface area contributed by atoms with Crippen molar-refractivity contribution in [3.8, 4) is 0 Å². The summed E-state index contributed by atoms with van der Waals surface area (Å²) in [5.41, 5.74) is 5.42. The van der Waals surface area contributed by atoms with E-state index in [1.54, 1.807) is 20.8 Å². The molecule has 0 aliphatic heterocycles. The maximum atomic E-state index is 11.0. The van der Waals surface area contributed by atoms with Gasteiger partial charge < -0.3 is 15.6 Å². The summed E-state index contributed by atoms with van der Waals surface area (Å²) in [4.78, 5) is 11.0. The van der Waals surface area contributed by atoms with Gasteiger partial charge in [-0.3, -0.25) is 4.79 Å². The van der Waals surface area contributed by atoms with Gasteiger partial charge in [0.05, 0.1) is 12.7 Å². The Morgan fingerprint density at radius 2 is 2.08 bits per heavy atom. The molecule has 0 spiro atoms. The van der Waals surface area contributed by atoms with Crippen molar-refractivity contribution >= 4 is 5.97 Å². The van der Waals surface area contributed by atoms with Gasteiger partial charge >= 0.3 is 5.97 Å². The van der Waals surface area contributed by atoms with E-state index >= 15 is 0 Å². The standard InChI is InChI=1S/C8H17NO3/c1-4-12-8(11)6(9)7(10)5(2)3/h5-7,10H,4,9H2,1-3H3. The second kappa shape index (κ2) is 5.11. The van der Waals surface area contributed by atoms with Crippen LogP contribution in [0.2, 0.25) is 0 Å². The van der Waals surface area contributed by atoms with Crippen molar-refractivity contribution in [3.63, 3.8) is 0 Å². The van der Waals surface area contributed by atoms with Crippen molar-refractivity contribution < 1.29 is 14.6 Å². The Hall–Kier alpha value is -0.610. The highest BCUT2D eigenvalue weighted by Gasteiger charge is 2.25. The number of hydrogen-bond donors (Lipinski definition) is 2. The SMILES string of the molecule is CCOC(=O)C(N)C(O)C(C)C. The maximum absolute atomic E-state index is 11.0. The fourth-order valence-corrected chi connectivity index (χ4v) is 0.793. The third kappa shape index (κ3) is 3.19. The molecule has 0 rings (SSSR count). The lowest BCUT2D eigenvalue weighted by Gasteiger charge is -2.19. The van der Waals surface area contributed by atoms with Crippen LogP contribution in [0.1, 0.15) is 20.8 Å². The van der Waals surface area contributed by atoms with Gasteiger partial charge in [-0.15, -0.1) is 0 Å². The van der Waals surface area contributed by atoms with Gasteiger partial charge in [-0.1, -0.05) is 13.8 Å². The van der Waals surface area contributed by atoms with Crippen molar-refractivity contribution in [1.82, 2.24) is 0 Å². The molecular weight excluding hydrogens is 158 g/mol. The van der Waals surface area contributed by atoms with Gasteiger partial charge in [0.2, 0.25) is 0 Å². The molecule has 0 aromatic heterocycles. The first-order chi connectivity index (χ1) is 5.50. The van der Waals surface area contributed by atoms with Crippen LogP contribution in [0.15, 0.2) is 0 Å². The molecule has 0 saturated heterocycles. The lowest BCUT2D eigenvalue weighted by Crippen LogP contribution is -2.45. The van der Waals surface area contributed by atoms with E-state index in [-0.39, 0.29) is 12.5 Å². The molecule has 0 saturated carbocycles. The van der Waals surface area contributed by atoms with Gasteiger partial charge in [0.1, 0.15) is 6.04 Å².